The van der Waals surface area contributed by atoms with Gasteiger partial charge in [0.2, 0.25) is 0 Å². The van der Waals surface area contributed by atoms with Crippen LogP contribution in [0.1, 0.15) is 0 Å². The van der Waals surface area contributed by atoms with Gasteiger partial charge in [-0.15, -0.1) is 0 Å². The van der Waals surface area contributed by atoms with Crippen molar-refractivity contribution in [3.63, 3.8) is 0 Å². The van der Waals surface area contributed by atoms with E-state index < -0.39 is 0 Å². The first-order valence-electron chi connectivity index (χ1n) is 2.68. The normalized spacial score (nSPS) is 8.40. The van der Waals surface area contributed by atoms with Gasteiger partial charge in [-0.25, -0.2) is 0 Å². The summed E-state index contributed by atoms with van der Waals surface area (Å²) in [7, 11) is 0. The minimum Gasteiger partial charge on any atom is -0.398 e. The molecule has 0 saturated heterocycles. The Morgan fingerprint density at radius 2 is 2.40 bits per heavy atom. The highest BCUT2D eigenvalue weighted by Crippen LogP contribution is 2.12. The summed E-state index contributed by atoms with van der Waals surface area (Å²) >= 11 is 4.40. The van der Waals surface area contributed by atoms with E-state index in [2.05, 4.69) is 28.4 Å². The standard InChI is InChI=1S/C7H5N2S/c8-6-2-1-3-7(4-6)9-5-10/h1-3H,8H2. The molecule has 0 fully saturated rings. The molecule has 0 amide bonds. The molecule has 3 heteroatoms. The van der Waals surface area contributed by atoms with E-state index in [9.17, 15) is 0 Å². The summed E-state index contributed by atoms with van der Waals surface area (Å²) in [6.07, 6.45) is 0. The second kappa shape index (κ2) is 3.11. The molecule has 1 aromatic rings. The first-order chi connectivity index (χ1) is 4.83. The molecular weight excluding hydrogens is 144 g/mol. The van der Waals surface area contributed by atoms with Crippen LogP contribution in [-0.4, -0.2) is 5.16 Å². The Bertz CT molecular complexity index is 277. The number of hydrogen-bond acceptors (Lipinski definition) is 3. The molecule has 0 aliphatic carbocycles. The summed E-state index contributed by atoms with van der Waals surface area (Å²) < 4.78 is 0. The number of aliphatic imine (C=N–C) groups is 1. The van der Waals surface area contributed by atoms with E-state index in [0.29, 0.717) is 11.4 Å². The highest BCUT2D eigenvalue weighted by atomic mass is 32.1. The van der Waals surface area contributed by atoms with Crippen LogP contribution in [-0.2, 0) is 0 Å². The molecule has 1 rings (SSSR count). The van der Waals surface area contributed by atoms with Crippen LogP contribution in [0.2, 0.25) is 0 Å². The molecule has 1 radical (unpaired) electrons. The van der Waals surface area contributed by atoms with Crippen molar-refractivity contribution in [2.45, 2.75) is 0 Å². The number of nitrogens with zero attached hydrogens (tertiary/aromatic N) is 1. The molecule has 1 aromatic carbocycles. The summed E-state index contributed by atoms with van der Waals surface area (Å²) in [5.41, 5.74) is 6.59. The van der Waals surface area contributed by atoms with Crippen molar-refractivity contribution in [3.05, 3.63) is 24.3 Å². The van der Waals surface area contributed by atoms with E-state index in [1.165, 1.54) is 0 Å². The molecule has 0 spiro atoms. The fourth-order valence-corrected chi connectivity index (χ4v) is 0.687. The van der Waals surface area contributed by atoms with E-state index in [1.54, 1.807) is 18.2 Å². The fourth-order valence-electron chi connectivity index (χ4n) is 0.589. The maximum atomic E-state index is 5.41. The van der Waals surface area contributed by atoms with Gasteiger partial charge >= 0.3 is 0 Å². The molecule has 2 nitrogen and oxygen atoms in total. The Kier molecular flexibility index (Phi) is 2.15. The van der Waals surface area contributed by atoms with E-state index in [0.717, 1.165) is 0 Å². The Labute approximate surface area is 64.4 Å². The number of nitrogen functional groups attached to an aromatic ring is 1. The van der Waals surface area contributed by atoms with E-state index >= 15 is 0 Å². The van der Waals surface area contributed by atoms with Crippen molar-refractivity contribution in [2.24, 2.45) is 4.99 Å². The number of anilines is 1. The summed E-state index contributed by atoms with van der Waals surface area (Å²) in [6.45, 7) is 0. The van der Waals surface area contributed by atoms with Crippen LogP contribution in [0.5, 0.6) is 0 Å². The predicted octanol–water partition coefficient (Wildman–Crippen LogP) is 1.80. The lowest BCUT2D eigenvalue weighted by Crippen LogP contribution is -1.81. The molecule has 0 saturated carbocycles. The zero-order valence-electron chi connectivity index (χ0n) is 5.16. The first-order valence-corrected chi connectivity index (χ1v) is 3.09. The van der Waals surface area contributed by atoms with Crippen molar-refractivity contribution in [3.8, 4) is 0 Å². The summed E-state index contributed by atoms with van der Waals surface area (Å²) in [6, 6.07) is 8.08. The van der Waals surface area contributed by atoms with Gasteiger partial charge in [0.1, 0.15) is 0 Å². The topological polar surface area (TPSA) is 38.4 Å². The molecule has 0 aromatic heterocycles. The molecule has 0 bridgehead atoms. The van der Waals surface area contributed by atoms with Crippen molar-refractivity contribution >= 4 is 28.8 Å². The molecule has 0 aliphatic heterocycles. The summed E-state index contributed by atoms with van der Waals surface area (Å²) in [5.74, 6) is 0. The van der Waals surface area contributed by atoms with Gasteiger partial charge in [0.05, 0.1) is 10.8 Å². The minimum absolute atomic E-state index is 0.562. The van der Waals surface area contributed by atoms with Gasteiger partial charge in [0.25, 0.3) is 0 Å². The maximum Gasteiger partial charge on any atom is 0.0840 e. The highest BCUT2D eigenvalue weighted by Gasteiger charge is 1.87. The Morgan fingerprint density at radius 3 is 3.00 bits per heavy atom. The minimum atomic E-state index is 0.562. The van der Waals surface area contributed by atoms with Gasteiger partial charge in [0.15, 0.2) is 0 Å². The second-order valence-electron chi connectivity index (χ2n) is 1.69. The van der Waals surface area contributed by atoms with E-state index in [-0.39, 0.29) is 0 Å². The number of thiocarbonyl (C=S) groups is 1. The number of benzene rings is 1. The molecule has 10 heavy (non-hydrogen) atoms. The van der Waals surface area contributed by atoms with Crippen molar-refractivity contribution in [2.75, 3.05) is 5.73 Å². The molecule has 2 N–H and O–H groups in total. The van der Waals surface area contributed by atoms with Crippen LogP contribution in [0.4, 0.5) is 11.4 Å². The zero-order valence-corrected chi connectivity index (χ0v) is 5.98. The number of isothiocyanates is 1. The lowest BCUT2D eigenvalue weighted by atomic mass is 10.3. The lowest BCUT2D eigenvalue weighted by Gasteiger charge is -1.90. The summed E-state index contributed by atoms with van der Waals surface area (Å²) in [5, 5.41) is 2.23. The number of rotatable bonds is 1. The predicted molar refractivity (Wildman–Crippen MR) is 44.4 cm³/mol. The molecular formula is C7H5N2S. The van der Waals surface area contributed by atoms with Crippen molar-refractivity contribution < 1.29 is 0 Å². The molecule has 0 heterocycles. The molecule has 0 atom stereocenters. The van der Waals surface area contributed by atoms with Gasteiger partial charge in [-0.2, -0.15) is 4.99 Å². The van der Waals surface area contributed by atoms with Gasteiger partial charge in [0, 0.05) is 11.8 Å². The molecule has 0 unspecified atom stereocenters. The Hall–Kier alpha value is -1.18. The van der Waals surface area contributed by atoms with Crippen molar-refractivity contribution in [1.29, 1.82) is 0 Å². The average Bonchev–Trinajstić information content (AvgIpc) is 1.88. The fraction of sp³-hybridized carbons (Fsp3) is 0. The third-order valence-corrected chi connectivity index (χ3v) is 1.06. The third kappa shape index (κ3) is 1.65. The Balaban J connectivity index is 3.06. The first kappa shape index (κ1) is 6.93. The van der Waals surface area contributed by atoms with Gasteiger partial charge in [-0.3, -0.25) is 0 Å². The van der Waals surface area contributed by atoms with Crippen LogP contribution in [0.3, 0.4) is 0 Å². The number of hydrogen-bond donors (Lipinski definition) is 1. The van der Waals surface area contributed by atoms with Crippen LogP contribution in [0, 0.1) is 6.07 Å². The monoisotopic (exact) mass is 149 g/mol. The SMILES string of the molecule is Nc1[c]c(N=C=S)ccc1. The molecule has 49 valence electrons. The van der Waals surface area contributed by atoms with E-state index in [4.69, 9.17) is 5.73 Å². The third-order valence-electron chi connectivity index (χ3n) is 0.968. The quantitative estimate of drug-likeness (QED) is 0.375. The van der Waals surface area contributed by atoms with Gasteiger partial charge in [-0.1, -0.05) is 6.07 Å². The Morgan fingerprint density at radius 1 is 1.60 bits per heavy atom. The molecule has 0 aliphatic rings. The van der Waals surface area contributed by atoms with E-state index in [1.807, 2.05) is 0 Å². The van der Waals surface area contributed by atoms with Gasteiger partial charge < -0.3 is 5.73 Å². The highest BCUT2D eigenvalue weighted by molar-refractivity contribution is 7.78. The van der Waals surface area contributed by atoms with Gasteiger partial charge in [-0.05, 0) is 24.4 Å². The zero-order chi connectivity index (χ0) is 7.40. The number of nitrogens with two attached hydrogens (primary N) is 1. The van der Waals surface area contributed by atoms with Crippen LogP contribution >= 0.6 is 12.2 Å². The van der Waals surface area contributed by atoms with Crippen molar-refractivity contribution in [1.82, 2.24) is 0 Å². The van der Waals surface area contributed by atoms with Crippen LogP contribution < -0.4 is 5.73 Å². The second-order valence-corrected chi connectivity index (χ2v) is 1.88. The van der Waals surface area contributed by atoms with Crippen LogP contribution in [0.15, 0.2) is 23.2 Å². The largest absolute Gasteiger partial charge is 0.398 e. The maximum absolute atomic E-state index is 5.41. The summed E-state index contributed by atoms with van der Waals surface area (Å²) in [4.78, 5) is 3.70. The lowest BCUT2D eigenvalue weighted by molar-refractivity contribution is 1.54. The average molecular weight is 149 g/mol. The smallest absolute Gasteiger partial charge is 0.0840 e. The van der Waals surface area contributed by atoms with Crippen LogP contribution in [0.25, 0.3) is 0 Å².